The fourth-order valence-electron chi connectivity index (χ4n) is 2.64. The van der Waals surface area contributed by atoms with Gasteiger partial charge in [0.15, 0.2) is 11.5 Å². The number of alkyl halides is 2. The first kappa shape index (κ1) is 16.5. The van der Waals surface area contributed by atoms with E-state index in [1.807, 2.05) is 4.90 Å². The first-order valence-electron chi connectivity index (χ1n) is 6.82. The number of hydrogen-bond acceptors (Lipinski definition) is 4. The van der Waals surface area contributed by atoms with E-state index >= 15 is 0 Å². The summed E-state index contributed by atoms with van der Waals surface area (Å²) in [6.07, 6.45) is -2.75. The van der Waals surface area contributed by atoms with Crippen LogP contribution in [-0.2, 0) is 0 Å². The largest absolute Gasteiger partial charge is 0.504 e. The van der Waals surface area contributed by atoms with Crippen molar-refractivity contribution in [2.45, 2.75) is 18.9 Å². The minimum absolute atomic E-state index is 0.0649. The van der Waals surface area contributed by atoms with Crippen LogP contribution in [0.4, 0.5) is 8.78 Å². The zero-order chi connectivity index (χ0) is 15.4. The summed E-state index contributed by atoms with van der Waals surface area (Å²) in [4.78, 5) is 1.98. The van der Waals surface area contributed by atoms with Gasteiger partial charge in [0.1, 0.15) is 0 Å². The Kier molecular flexibility index (Phi) is 5.78. The highest BCUT2D eigenvalue weighted by atomic mass is 79.9. The van der Waals surface area contributed by atoms with Gasteiger partial charge >= 0.3 is 0 Å². The zero-order valence-corrected chi connectivity index (χ0v) is 13.4. The molecule has 0 spiro atoms. The van der Waals surface area contributed by atoms with E-state index in [1.54, 1.807) is 12.1 Å². The quantitative estimate of drug-likeness (QED) is 0.843. The number of halogens is 3. The highest BCUT2D eigenvalue weighted by Crippen LogP contribution is 2.41. The van der Waals surface area contributed by atoms with E-state index in [-0.39, 0.29) is 17.9 Å². The van der Waals surface area contributed by atoms with Crippen molar-refractivity contribution >= 4 is 15.9 Å². The maximum atomic E-state index is 13.0. The molecule has 0 aliphatic carbocycles. The molecule has 118 valence electrons. The molecule has 0 unspecified atom stereocenters. The summed E-state index contributed by atoms with van der Waals surface area (Å²) >= 11 is 3.34. The van der Waals surface area contributed by atoms with Crippen molar-refractivity contribution in [3.8, 4) is 11.5 Å². The minimum atomic E-state index is -2.44. The van der Waals surface area contributed by atoms with Crippen LogP contribution in [0.15, 0.2) is 16.6 Å². The van der Waals surface area contributed by atoms with Crippen molar-refractivity contribution in [1.82, 2.24) is 10.2 Å². The second-order valence-corrected chi connectivity index (χ2v) is 5.89. The third kappa shape index (κ3) is 4.05. The standard InChI is InChI=1S/C14H19BrF2N2O2/c1-21-12-7-9(15)6-10(14(12)20)11(8-13(16)17)19-4-2-18-3-5-19/h6-7,11,13,18,20H,2-5,8H2,1H3/t11-/m1/s1. The van der Waals surface area contributed by atoms with Crippen LogP contribution in [0.1, 0.15) is 18.0 Å². The Bertz CT molecular complexity index is 482. The van der Waals surface area contributed by atoms with Gasteiger partial charge in [-0.2, -0.15) is 0 Å². The monoisotopic (exact) mass is 364 g/mol. The molecule has 1 heterocycles. The number of nitrogens with zero attached hydrogens (tertiary/aromatic N) is 1. The van der Waals surface area contributed by atoms with Crippen molar-refractivity contribution in [2.75, 3.05) is 33.3 Å². The molecule has 1 atom stereocenters. The summed E-state index contributed by atoms with van der Waals surface area (Å²) in [5.74, 6) is 0.221. The zero-order valence-electron chi connectivity index (χ0n) is 11.8. The molecule has 0 radical (unpaired) electrons. The second kappa shape index (κ2) is 7.38. The number of hydrogen-bond donors (Lipinski definition) is 2. The SMILES string of the molecule is COc1cc(Br)cc([C@@H](CC(F)F)N2CCNCC2)c1O. The molecule has 0 bridgehead atoms. The van der Waals surface area contributed by atoms with Crippen molar-refractivity contribution in [3.63, 3.8) is 0 Å². The van der Waals surface area contributed by atoms with Gasteiger partial charge in [-0.15, -0.1) is 0 Å². The molecule has 1 aromatic carbocycles. The lowest BCUT2D eigenvalue weighted by molar-refractivity contribution is 0.0728. The van der Waals surface area contributed by atoms with Crippen LogP contribution in [0.2, 0.25) is 0 Å². The van der Waals surface area contributed by atoms with Crippen LogP contribution in [0, 0.1) is 0 Å². The lowest BCUT2D eigenvalue weighted by atomic mass is 9.99. The molecule has 2 N–H and O–H groups in total. The molecule has 0 saturated carbocycles. The molecular formula is C14H19BrF2N2O2. The number of benzene rings is 1. The summed E-state index contributed by atoms with van der Waals surface area (Å²) in [5.41, 5.74) is 0.475. The maximum Gasteiger partial charge on any atom is 0.240 e. The van der Waals surface area contributed by atoms with E-state index < -0.39 is 12.5 Å². The number of aromatic hydroxyl groups is 1. The Labute approximate surface area is 131 Å². The summed E-state index contributed by atoms with van der Waals surface area (Å²) in [6.45, 7) is 2.86. The first-order valence-corrected chi connectivity index (χ1v) is 7.61. The molecule has 1 aliphatic rings. The second-order valence-electron chi connectivity index (χ2n) is 4.97. The topological polar surface area (TPSA) is 44.7 Å². The number of ether oxygens (including phenoxy) is 1. The van der Waals surface area contributed by atoms with Crippen LogP contribution in [0.5, 0.6) is 11.5 Å². The van der Waals surface area contributed by atoms with Gasteiger partial charge in [-0.05, 0) is 12.1 Å². The molecule has 0 amide bonds. The average molecular weight is 365 g/mol. The van der Waals surface area contributed by atoms with Crippen molar-refractivity contribution in [1.29, 1.82) is 0 Å². The Hall–Kier alpha value is -0.920. The van der Waals surface area contributed by atoms with Crippen LogP contribution in [0.25, 0.3) is 0 Å². The molecule has 1 saturated heterocycles. The van der Waals surface area contributed by atoms with E-state index in [0.29, 0.717) is 23.1 Å². The van der Waals surface area contributed by atoms with Gasteiger partial charge in [0, 0.05) is 48.7 Å². The third-order valence-electron chi connectivity index (χ3n) is 3.64. The van der Waals surface area contributed by atoms with E-state index in [2.05, 4.69) is 21.2 Å². The Morgan fingerprint density at radius 3 is 2.62 bits per heavy atom. The summed E-state index contributed by atoms with van der Waals surface area (Å²) in [6, 6.07) is 2.78. The van der Waals surface area contributed by atoms with E-state index in [4.69, 9.17) is 4.74 Å². The van der Waals surface area contributed by atoms with Gasteiger partial charge < -0.3 is 15.2 Å². The lowest BCUT2D eigenvalue weighted by Crippen LogP contribution is -2.45. The summed E-state index contributed by atoms with van der Waals surface area (Å²) in [7, 11) is 1.44. The van der Waals surface area contributed by atoms with E-state index in [0.717, 1.165) is 13.1 Å². The van der Waals surface area contributed by atoms with Gasteiger partial charge in [0.05, 0.1) is 7.11 Å². The predicted molar refractivity (Wildman–Crippen MR) is 80.2 cm³/mol. The molecule has 7 heteroatoms. The number of phenolic OH excluding ortho intramolecular Hbond substituents is 1. The Morgan fingerprint density at radius 2 is 2.05 bits per heavy atom. The van der Waals surface area contributed by atoms with E-state index in [1.165, 1.54) is 7.11 Å². The van der Waals surface area contributed by atoms with Crippen molar-refractivity contribution in [2.24, 2.45) is 0 Å². The molecule has 21 heavy (non-hydrogen) atoms. The number of methoxy groups -OCH3 is 1. The molecule has 1 aromatic rings. The van der Waals surface area contributed by atoms with Gasteiger partial charge in [-0.1, -0.05) is 15.9 Å². The van der Waals surface area contributed by atoms with Crippen LogP contribution in [0.3, 0.4) is 0 Å². The third-order valence-corrected chi connectivity index (χ3v) is 4.10. The number of piperazine rings is 1. The minimum Gasteiger partial charge on any atom is -0.504 e. The average Bonchev–Trinajstić information content (AvgIpc) is 2.47. The fraction of sp³-hybridized carbons (Fsp3) is 0.571. The first-order chi connectivity index (χ1) is 10.0. The normalized spacial score (nSPS) is 18.0. The number of phenols is 1. The summed E-state index contributed by atoms with van der Waals surface area (Å²) in [5, 5.41) is 13.5. The Morgan fingerprint density at radius 1 is 1.38 bits per heavy atom. The molecule has 1 aliphatic heterocycles. The van der Waals surface area contributed by atoms with Crippen LogP contribution in [-0.4, -0.2) is 49.7 Å². The highest BCUT2D eigenvalue weighted by Gasteiger charge is 2.29. The molecule has 4 nitrogen and oxygen atoms in total. The fourth-order valence-corrected chi connectivity index (χ4v) is 3.09. The molecule has 0 aromatic heterocycles. The summed E-state index contributed by atoms with van der Waals surface area (Å²) < 4.78 is 31.8. The van der Waals surface area contributed by atoms with Gasteiger partial charge in [-0.3, -0.25) is 4.90 Å². The van der Waals surface area contributed by atoms with Crippen LogP contribution >= 0.6 is 15.9 Å². The van der Waals surface area contributed by atoms with Crippen molar-refractivity contribution in [3.05, 3.63) is 22.2 Å². The van der Waals surface area contributed by atoms with Gasteiger partial charge in [0.25, 0.3) is 0 Å². The van der Waals surface area contributed by atoms with Gasteiger partial charge in [-0.25, -0.2) is 8.78 Å². The lowest BCUT2D eigenvalue weighted by Gasteiger charge is -2.35. The predicted octanol–water partition coefficient (Wildman–Crippen LogP) is 2.76. The Balaban J connectivity index is 2.37. The number of rotatable bonds is 5. The maximum absolute atomic E-state index is 13.0. The van der Waals surface area contributed by atoms with Crippen LogP contribution < -0.4 is 10.1 Å². The molecular weight excluding hydrogens is 346 g/mol. The number of nitrogens with one attached hydrogen (secondary N) is 1. The van der Waals surface area contributed by atoms with Gasteiger partial charge in [0.2, 0.25) is 6.43 Å². The molecule has 1 fully saturated rings. The van der Waals surface area contributed by atoms with E-state index in [9.17, 15) is 13.9 Å². The highest BCUT2D eigenvalue weighted by molar-refractivity contribution is 9.10. The molecule has 2 rings (SSSR count). The smallest absolute Gasteiger partial charge is 0.240 e. The van der Waals surface area contributed by atoms with Crippen molar-refractivity contribution < 1.29 is 18.6 Å².